The van der Waals surface area contributed by atoms with Crippen LogP contribution in [-0.4, -0.2) is 43.7 Å². The molecule has 1 unspecified atom stereocenters. The van der Waals surface area contributed by atoms with Gasteiger partial charge >= 0.3 is 5.97 Å². The third-order valence-electron chi connectivity index (χ3n) is 10.6. The van der Waals surface area contributed by atoms with E-state index in [2.05, 4.69) is 23.7 Å². The van der Waals surface area contributed by atoms with Crippen molar-refractivity contribution >= 4 is 17.0 Å². The van der Waals surface area contributed by atoms with Gasteiger partial charge in [-0.25, -0.2) is 9.78 Å². The van der Waals surface area contributed by atoms with Gasteiger partial charge in [-0.3, -0.25) is 9.69 Å². The van der Waals surface area contributed by atoms with Gasteiger partial charge in [0.05, 0.1) is 11.0 Å². The lowest BCUT2D eigenvalue weighted by atomic mass is 9.71. The smallest absolute Gasteiger partial charge is 0.360 e. The molecule has 4 aliphatic rings. The van der Waals surface area contributed by atoms with E-state index >= 15 is 0 Å². The minimum atomic E-state index is -1.24. The fourth-order valence-corrected chi connectivity index (χ4v) is 9.26. The van der Waals surface area contributed by atoms with Gasteiger partial charge in [0.1, 0.15) is 0 Å². The number of fused-ring (bicyclic) bond motifs is 3. The number of piperidine rings is 2. The van der Waals surface area contributed by atoms with Crippen LogP contribution in [0.4, 0.5) is 0 Å². The molecule has 0 spiro atoms. The number of aromatic nitrogens is 2. The van der Waals surface area contributed by atoms with E-state index in [1.165, 1.54) is 70.6 Å². The average molecular weight is 520 g/mol. The molecule has 1 N–H and O–H groups in total. The number of aromatic carboxylic acids is 1. The molecule has 2 bridgehead atoms. The van der Waals surface area contributed by atoms with E-state index in [1.807, 2.05) is 24.3 Å². The molecule has 1 aromatic heterocycles. The summed E-state index contributed by atoms with van der Waals surface area (Å²) in [5.74, 6) is 2.18. The van der Waals surface area contributed by atoms with Crippen molar-refractivity contribution in [2.45, 2.75) is 121 Å². The van der Waals surface area contributed by atoms with Gasteiger partial charge in [-0.05, 0) is 87.2 Å². The zero-order valence-corrected chi connectivity index (χ0v) is 23.2. The van der Waals surface area contributed by atoms with Crippen molar-refractivity contribution in [3.63, 3.8) is 0 Å². The second-order valence-electron chi connectivity index (χ2n) is 13.4. The molecular formula is C32H45N3O3. The largest absolute Gasteiger partial charge is 0.476 e. The van der Waals surface area contributed by atoms with E-state index in [4.69, 9.17) is 0 Å². The number of para-hydroxylation sites is 2. The number of hydrogen-bond donors (Lipinski definition) is 1. The summed E-state index contributed by atoms with van der Waals surface area (Å²) in [4.78, 5) is 32.5. The third-order valence-corrected chi connectivity index (χ3v) is 10.6. The predicted molar refractivity (Wildman–Crippen MR) is 151 cm³/mol. The first kappa shape index (κ1) is 26.0. The van der Waals surface area contributed by atoms with Crippen LogP contribution in [0.15, 0.2) is 29.1 Å². The van der Waals surface area contributed by atoms with Crippen molar-refractivity contribution in [2.75, 3.05) is 0 Å². The molecule has 2 aromatic rings. The third kappa shape index (κ3) is 4.94. The van der Waals surface area contributed by atoms with Crippen LogP contribution in [0.5, 0.6) is 0 Å². The van der Waals surface area contributed by atoms with Crippen LogP contribution >= 0.6 is 0 Å². The maximum Gasteiger partial charge on any atom is 0.360 e. The van der Waals surface area contributed by atoms with Crippen molar-refractivity contribution in [1.82, 2.24) is 14.5 Å². The molecule has 6 rings (SSSR count). The van der Waals surface area contributed by atoms with Crippen LogP contribution in [0, 0.1) is 23.7 Å². The molecule has 4 fully saturated rings. The summed E-state index contributed by atoms with van der Waals surface area (Å²) >= 11 is 0. The maximum atomic E-state index is 13.4. The van der Waals surface area contributed by atoms with Crippen molar-refractivity contribution in [3.05, 3.63) is 40.3 Å². The lowest BCUT2D eigenvalue weighted by molar-refractivity contribution is -0.0364. The molecule has 38 heavy (non-hydrogen) atoms. The average Bonchev–Trinajstić information content (AvgIpc) is 3.41. The fraction of sp³-hybridized carbons (Fsp3) is 0.719. The van der Waals surface area contributed by atoms with Crippen LogP contribution in [0.25, 0.3) is 11.0 Å². The number of carboxylic acid groups (broad SMARTS) is 1. The number of hydrogen-bond acceptors (Lipinski definition) is 4. The Balaban J connectivity index is 1.26. The van der Waals surface area contributed by atoms with Gasteiger partial charge in [0.25, 0.3) is 5.56 Å². The number of carbonyl (C=O) groups is 1. The summed E-state index contributed by atoms with van der Waals surface area (Å²) < 4.78 is 1.80. The Morgan fingerprint density at radius 2 is 1.42 bits per heavy atom. The van der Waals surface area contributed by atoms with E-state index in [0.717, 1.165) is 42.0 Å². The normalized spacial score (nSPS) is 35.2. The quantitative estimate of drug-likeness (QED) is 0.488. The van der Waals surface area contributed by atoms with Gasteiger partial charge in [0.15, 0.2) is 0 Å². The van der Waals surface area contributed by atoms with Crippen LogP contribution in [0.3, 0.4) is 0 Å². The first-order chi connectivity index (χ1) is 18.4. The highest BCUT2D eigenvalue weighted by Gasteiger charge is 2.44. The fourth-order valence-electron chi connectivity index (χ4n) is 9.26. The molecule has 2 aliphatic carbocycles. The molecule has 0 radical (unpaired) electrons. The Bertz CT molecular complexity index is 1190. The first-order valence-electron chi connectivity index (χ1n) is 15.4. The van der Waals surface area contributed by atoms with Gasteiger partial charge in [-0.15, -0.1) is 0 Å². The van der Waals surface area contributed by atoms with E-state index in [1.54, 1.807) is 4.57 Å². The maximum absolute atomic E-state index is 13.4. The molecule has 3 heterocycles. The number of benzene rings is 1. The standard InChI is InChI=1S/C32H45N3O3/c1-20-14-23(22-8-3-4-9-22)15-21(2)17-26(16-20)34-24-10-7-11-25(34)19-27(18-24)35-29-13-6-5-12-28(29)33-30(31(35)36)32(37)38/h5-6,12-13,20-27H,3-4,7-11,14-19H2,1-2H3,(H,37,38)/t20-,21+,23?,24-,25+,26-,27+. The van der Waals surface area contributed by atoms with Crippen molar-refractivity contribution < 1.29 is 9.90 Å². The summed E-state index contributed by atoms with van der Waals surface area (Å²) in [5.41, 5.74) is 0.566. The lowest BCUT2D eigenvalue weighted by Crippen LogP contribution is -2.58. The SMILES string of the molecule is C[C@@H]1CC(C2CCCC2)C[C@H](C)C[C@H](N2[C@@H]3CCC[C@H]2C[C@@H](n2c(=O)c(C(=O)O)nc4ccccc42)C3)C1. The lowest BCUT2D eigenvalue weighted by Gasteiger charge is -2.54. The predicted octanol–water partition coefficient (Wildman–Crippen LogP) is 6.67. The molecule has 2 aliphatic heterocycles. The topological polar surface area (TPSA) is 75.4 Å². The Hall–Kier alpha value is -2.21. The van der Waals surface area contributed by atoms with Gasteiger partial charge < -0.3 is 9.67 Å². The van der Waals surface area contributed by atoms with Gasteiger partial charge in [-0.2, -0.15) is 0 Å². The van der Waals surface area contributed by atoms with Crippen LogP contribution in [-0.2, 0) is 0 Å². The molecule has 0 amide bonds. The van der Waals surface area contributed by atoms with Gasteiger partial charge in [-0.1, -0.05) is 58.1 Å². The van der Waals surface area contributed by atoms with Gasteiger partial charge in [0.2, 0.25) is 5.69 Å². The highest BCUT2D eigenvalue weighted by molar-refractivity contribution is 5.88. The molecule has 1 aromatic carbocycles. The van der Waals surface area contributed by atoms with Gasteiger partial charge in [0, 0.05) is 24.2 Å². The molecule has 6 heteroatoms. The van der Waals surface area contributed by atoms with Crippen molar-refractivity contribution in [2.24, 2.45) is 23.7 Å². The number of carboxylic acids is 1. The summed E-state index contributed by atoms with van der Waals surface area (Å²) in [6.07, 6.45) is 16.6. The highest BCUT2D eigenvalue weighted by atomic mass is 16.4. The molecule has 2 saturated heterocycles. The zero-order valence-electron chi connectivity index (χ0n) is 23.2. The molecular weight excluding hydrogens is 474 g/mol. The second-order valence-corrected chi connectivity index (χ2v) is 13.4. The monoisotopic (exact) mass is 519 g/mol. The minimum absolute atomic E-state index is 0.0233. The van der Waals surface area contributed by atoms with Crippen LogP contribution < -0.4 is 5.56 Å². The summed E-state index contributed by atoms with van der Waals surface area (Å²) in [7, 11) is 0. The number of nitrogens with zero attached hydrogens (tertiary/aromatic N) is 3. The van der Waals surface area contributed by atoms with E-state index in [9.17, 15) is 14.7 Å². The van der Waals surface area contributed by atoms with Crippen LogP contribution in [0.2, 0.25) is 0 Å². The molecule has 206 valence electrons. The van der Waals surface area contributed by atoms with Crippen molar-refractivity contribution in [1.29, 1.82) is 0 Å². The Kier molecular flexibility index (Phi) is 7.36. The Labute approximate surface area is 226 Å². The van der Waals surface area contributed by atoms with E-state index < -0.39 is 11.5 Å². The summed E-state index contributed by atoms with van der Waals surface area (Å²) in [6.45, 7) is 5.01. The zero-order chi connectivity index (χ0) is 26.4. The first-order valence-corrected chi connectivity index (χ1v) is 15.4. The van der Waals surface area contributed by atoms with Crippen molar-refractivity contribution in [3.8, 4) is 0 Å². The molecule has 2 saturated carbocycles. The van der Waals surface area contributed by atoms with E-state index in [0.29, 0.717) is 23.6 Å². The second kappa shape index (κ2) is 10.7. The Morgan fingerprint density at radius 3 is 2.05 bits per heavy atom. The van der Waals surface area contributed by atoms with E-state index in [-0.39, 0.29) is 11.7 Å². The molecule has 7 atom stereocenters. The number of rotatable bonds is 4. The van der Waals surface area contributed by atoms with Crippen LogP contribution in [0.1, 0.15) is 114 Å². The summed E-state index contributed by atoms with van der Waals surface area (Å²) in [6, 6.07) is 9.12. The minimum Gasteiger partial charge on any atom is -0.476 e. The highest BCUT2D eigenvalue weighted by Crippen LogP contribution is 2.46. The summed E-state index contributed by atoms with van der Waals surface area (Å²) in [5, 5.41) is 9.72. The molecule has 6 nitrogen and oxygen atoms in total. The Morgan fingerprint density at radius 1 is 0.789 bits per heavy atom.